The summed E-state index contributed by atoms with van der Waals surface area (Å²) in [5.74, 6) is 0. The second-order valence-corrected chi connectivity index (χ2v) is 8.00. The van der Waals surface area contributed by atoms with Crippen molar-refractivity contribution in [3.8, 4) is 0 Å². The maximum absolute atomic E-state index is 8.78. The highest BCUT2D eigenvalue weighted by Gasteiger charge is 1.98. The lowest BCUT2D eigenvalue weighted by Gasteiger charge is -2.15. The van der Waals surface area contributed by atoms with Gasteiger partial charge >= 0.3 is 0 Å². The number of unbranched alkanes of at least 4 members (excludes halogenated alkanes) is 15. The van der Waals surface area contributed by atoms with Crippen molar-refractivity contribution in [1.29, 1.82) is 0 Å². The fourth-order valence-corrected chi connectivity index (χ4v) is 3.38. The Bertz CT molecular complexity index is 248. The van der Waals surface area contributed by atoms with Crippen LogP contribution in [0.1, 0.15) is 116 Å². The van der Waals surface area contributed by atoms with Crippen molar-refractivity contribution in [2.75, 3.05) is 33.5 Å². The molecule has 0 aromatic carbocycles. The molecule has 0 aliphatic rings. The molecule has 0 rings (SSSR count). The average Bonchev–Trinajstić information content (AvgIpc) is 2.65. The van der Waals surface area contributed by atoms with E-state index < -0.39 is 0 Å². The first-order valence-corrected chi connectivity index (χ1v) is 11.7. The van der Waals surface area contributed by atoms with Crippen LogP contribution in [0.2, 0.25) is 0 Å². The Morgan fingerprint density at radius 2 is 1.04 bits per heavy atom. The van der Waals surface area contributed by atoms with Gasteiger partial charge in [0.15, 0.2) is 0 Å². The Hall–Kier alpha value is -0.120. The van der Waals surface area contributed by atoms with E-state index in [0.29, 0.717) is 6.73 Å². The van der Waals surface area contributed by atoms with Gasteiger partial charge in [0.2, 0.25) is 0 Å². The van der Waals surface area contributed by atoms with E-state index in [2.05, 4.69) is 11.8 Å². The van der Waals surface area contributed by atoms with Gasteiger partial charge in [0.25, 0.3) is 0 Å². The highest BCUT2D eigenvalue weighted by molar-refractivity contribution is 4.50. The summed E-state index contributed by atoms with van der Waals surface area (Å²) in [6.07, 6.45) is 23.4. The summed E-state index contributed by atoms with van der Waals surface area (Å²) in [4.78, 5) is 2.13. The van der Waals surface area contributed by atoms with Crippen LogP contribution in [0, 0.1) is 0 Å². The molecular weight excluding hydrogens is 322 g/mol. The van der Waals surface area contributed by atoms with Crippen LogP contribution in [0.25, 0.3) is 0 Å². The third-order valence-corrected chi connectivity index (χ3v) is 5.15. The largest absolute Gasteiger partial charge is 0.396 e. The molecule has 0 bridgehead atoms. The number of aliphatic hydroxyl groups excluding tert-OH is 1. The van der Waals surface area contributed by atoms with E-state index in [1.807, 2.05) is 7.05 Å². The summed E-state index contributed by atoms with van der Waals surface area (Å²) < 4.78 is 5.66. The topological polar surface area (TPSA) is 32.7 Å². The van der Waals surface area contributed by atoms with E-state index in [4.69, 9.17) is 9.84 Å². The minimum absolute atomic E-state index is 0.267. The third-order valence-electron chi connectivity index (χ3n) is 5.15. The molecule has 158 valence electrons. The Morgan fingerprint density at radius 3 is 1.46 bits per heavy atom. The first-order chi connectivity index (χ1) is 12.8. The van der Waals surface area contributed by atoms with Gasteiger partial charge in [0, 0.05) is 19.8 Å². The predicted molar refractivity (Wildman–Crippen MR) is 115 cm³/mol. The molecule has 3 heteroatoms. The Balaban J connectivity index is 3.03. The molecule has 0 aliphatic heterocycles. The second-order valence-electron chi connectivity index (χ2n) is 8.00. The predicted octanol–water partition coefficient (Wildman–Crippen LogP) is 6.54. The fourth-order valence-electron chi connectivity index (χ4n) is 3.38. The Labute approximate surface area is 164 Å². The molecule has 0 aromatic heterocycles. The van der Waals surface area contributed by atoms with Gasteiger partial charge in [0.1, 0.15) is 0 Å². The van der Waals surface area contributed by atoms with Crippen LogP contribution in [-0.4, -0.2) is 43.5 Å². The molecule has 0 atom stereocenters. The molecule has 0 amide bonds. The van der Waals surface area contributed by atoms with Crippen molar-refractivity contribution in [1.82, 2.24) is 4.90 Å². The number of hydrogen-bond acceptors (Lipinski definition) is 3. The quantitative estimate of drug-likeness (QED) is 0.173. The summed E-state index contributed by atoms with van der Waals surface area (Å²) in [6, 6.07) is 0. The zero-order chi connectivity index (χ0) is 19.1. The van der Waals surface area contributed by atoms with Crippen molar-refractivity contribution < 1.29 is 9.84 Å². The highest BCUT2D eigenvalue weighted by atomic mass is 16.5. The van der Waals surface area contributed by atoms with Crippen LogP contribution in [0.5, 0.6) is 0 Å². The second kappa shape index (κ2) is 22.9. The molecule has 0 unspecified atom stereocenters. The highest BCUT2D eigenvalue weighted by Crippen LogP contribution is 2.13. The molecule has 0 saturated carbocycles. The van der Waals surface area contributed by atoms with Gasteiger partial charge in [-0.05, 0) is 19.9 Å². The number of ether oxygens (including phenoxy) is 1. The van der Waals surface area contributed by atoms with E-state index >= 15 is 0 Å². The molecule has 0 fully saturated rings. The van der Waals surface area contributed by atoms with Gasteiger partial charge in [0.05, 0.1) is 6.73 Å². The van der Waals surface area contributed by atoms with Gasteiger partial charge in [-0.3, -0.25) is 4.90 Å². The first-order valence-electron chi connectivity index (χ1n) is 11.7. The maximum Gasteiger partial charge on any atom is 0.0987 e. The van der Waals surface area contributed by atoms with Crippen molar-refractivity contribution in [2.24, 2.45) is 0 Å². The summed E-state index contributed by atoms with van der Waals surface area (Å²) in [5, 5.41) is 8.78. The Kier molecular flexibility index (Phi) is 22.8. The normalized spacial score (nSPS) is 11.5. The maximum atomic E-state index is 8.78. The van der Waals surface area contributed by atoms with Gasteiger partial charge in [-0.1, -0.05) is 103 Å². The number of aliphatic hydroxyl groups is 1. The van der Waals surface area contributed by atoms with E-state index in [1.54, 1.807) is 0 Å². The lowest BCUT2D eigenvalue weighted by atomic mass is 10.0. The summed E-state index contributed by atoms with van der Waals surface area (Å²) in [6.45, 7) is 5.04. The zero-order valence-corrected chi connectivity index (χ0v) is 18.2. The average molecular weight is 372 g/mol. The van der Waals surface area contributed by atoms with E-state index in [1.165, 1.54) is 103 Å². The number of nitrogens with zero attached hydrogens (tertiary/aromatic N) is 1. The van der Waals surface area contributed by atoms with Gasteiger partial charge < -0.3 is 9.84 Å². The standard InChI is InChI=1S/C23H49NO2/c1-3-4-5-6-7-8-9-10-11-12-13-14-15-16-17-18-22-26-23-24(2)20-19-21-25/h25H,3-23H2,1-2H3. The molecule has 0 saturated heterocycles. The van der Waals surface area contributed by atoms with E-state index in [-0.39, 0.29) is 6.61 Å². The molecule has 1 N–H and O–H groups in total. The van der Waals surface area contributed by atoms with Crippen molar-refractivity contribution in [3.63, 3.8) is 0 Å². The van der Waals surface area contributed by atoms with Crippen LogP contribution < -0.4 is 0 Å². The van der Waals surface area contributed by atoms with Crippen LogP contribution in [0.15, 0.2) is 0 Å². The molecule has 0 aromatic rings. The Morgan fingerprint density at radius 1 is 0.615 bits per heavy atom. The minimum atomic E-state index is 0.267. The summed E-state index contributed by atoms with van der Waals surface area (Å²) in [5.41, 5.74) is 0. The van der Waals surface area contributed by atoms with E-state index in [9.17, 15) is 0 Å². The molecule has 0 radical (unpaired) electrons. The zero-order valence-electron chi connectivity index (χ0n) is 18.2. The van der Waals surface area contributed by atoms with Crippen LogP contribution >= 0.6 is 0 Å². The molecule has 0 aliphatic carbocycles. The molecule has 0 heterocycles. The van der Waals surface area contributed by atoms with Gasteiger partial charge in [-0.2, -0.15) is 0 Å². The van der Waals surface area contributed by atoms with Gasteiger partial charge in [-0.25, -0.2) is 0 Å². The molecule has 26 heavy (non-hydrogen) atoms. The van der Waals surface area contributed by atoms with E-state index in [0.717, 1.165) is 19.6 Å². The van der Waals surface area contributed by atoms with Crippen molar-refractivity contribution >= 4 is 0 Å². The van der Waals surface area contributed by atoms with Gasteiger partial charge in [-0.15, -0.1) is 0 Å². The smallest absolute Gasteiger partial charge is 0.0987 e. The van der Waals surface area contributed by atoms with Crippen LogP contribution in [-0.2, 0) is 4.74 Å². The monoisotopic (exact) mass is 371 g/mol. The number of rotatable bonds is 22. The first kappa shape index (κ1) is 25.9. The van der Waals surface area contributed by atoms with Crippen LogP contribution in [0.3, 0.4) is 0 Å². The van der Waals surface area contributed by atoms with Crippen molar-refractivity contribution in [3.05, 3.63) is 0 Å². The minimum Gasteiger partial charge on any atom is -0.396 e. The van der Waals surface area contributed by atoms with Crippen molar-refractivity contribution in [2.45, 2.75) is 116 Å². The number of hydrogen-bond donors (Lipinski definition) is 1. The lowest BCUT2D eigenvalue weighted by Crippen LogP contribution is -2.23. The summed E-state index contributed by atoms with van der Waals surface area (Å²) in [7, 11) is 2.04. The summed E-state index contributed by atoms with van der Waals surface area (Å²) >= 11 is 0. The third kappa shape index (κ3) is 21.9. The fraction of sp³-hybridized carbons (Fsp3) is 1.00. The molecular formula is C23H49NO2. The van der Waals surface area contributed by atoms with Crippen LogP contribution in [0.4, 0.5) is 0 Å². The lowest BCUT2D eigenvalue weighted by molar-refractivity contribution is 0.0381. The SMILES string of the molecule is CCCCCCCCCCCCCCCCCCOCN(C)CCCO. The molecule has 0 spiro atoms. The molecule has 3 nitrogen and oxygen atoms in total.